The number of nitrogens with two attached hydrogens (primary N) is 1. The number of halogens is 1. The van der Waals surface area contributed by atoms with Crippen molar-refractivity contribution in [2.45, 2.75) is 125 Å². The van der Waals surface area contributed by atoms with Gasteiger partial charge < -0.3 is 31.3 Å². The minimum atomic E-state index is -0.798. The van der Waals surface area contributed by atoms with Gasteiger partial charge in [-0.2, -0.15) is 0 Å². The number of primary amides is 1. The number of carboxylic acids is 1. The maximum absolute atomic E-state index is 12.8. The van der Waals surface area contributed by atoms with E-state index in [0.717, 1.165) is 49.8 Å². The molecule has 4 aromatic rings. The SMILES string of the molecule is C=C1C=C(C(=O)NC2CC(C(=O)O)C2)C=CN1/C(C)=C(\CCC)c1ccccc1C(=C/C=C(C)C)/C(C)=C\C.CC(C)(C)c1ccccc1-c1nc2cc(C(N)=O)ccn2c1Cl.OCCCCCCO. The Hall–Kier alpha value is -6.27. The number of carbonyl (C=O) groups excluding carboxylic acids is 2. The Morgan fingerprint density at radius 1 is 0.929 bits per heavy atom. The van der Waals surface area contributed by atoms with Crippen molar-refractivity contribution in [1.82, 2.24) is 19.6 Å². The van der Waals surface area contributed by atoms with Crippen LogP contribution in [0.1, 0.15) is 141 Å². The zero-order valence-electron chi connectivity index (χ0n) is 42.6. The molecule has 70 heavy (non-hydrogen) atoms. The van der Waals surface area contributed by atoms with Crippen molar-refractivity contribution < 1.29 is 29.7 Å². The van der Waals surface area contributed by atoms with Gasteiger partial charge >= 0.3 is 5.97 Å². The van der Waals surface area contributed by atoms with Crippen LogP contribution in [0.3, 0.4) is 0 Å². The van der Waals surface area contributed by atoms with Crippen molar-refractivity contribution in [1.29, 1.82) is 0 Å². The monoisotopic (exact) mass is 972 g/mol. The summed E-state index contributed by atoms with van der Waals surface area (Å²) in [6.07, 6.45) is 20.4. The summed E-state index contributed by atoms with van der Waals surface area (Å²) in [5.74, 6) is -1.84. The van der Waals surface area contributed by atoms with E-state index in [1.54, 1.807) is 34.9 Å². The molecule has 1 fully saturated rings. The van der Waals surface area contributed by atoms with Crippen LogP contribution in [0.4, 0.5) is 0 Å². The molecule has 0 spiro atoms. The zero-order valence-corrected chi connectivity index (χ0v) is 43.4. The summed E-state index contributed by atoms with van der Waals surface area (Å²) in [7, 11) is 0. The number of amides is 2. The Morgan fingerprint density at radius 2 is 1.56 bits per heavy atom. The van der Waals surface area contributed by atoms with Crippen molar-refractivity contribution >= 4 is 46.2 Å². The van der Waals surface area contributed by atoms with Gasteiger partial charge in [-0.1, -0.05) is 137 Å². The van der Waals surface area contributed by atoms with Gasteiger partial charge in [0.2, 0.25) is 5.91 Å². The highest BCUT2D eigenvalue weighted by Crippen LogP contribution is 2.38. The quantitative estimate of drug-likeness (QED) is 0.0514. The summed E-state index contributed by atoms with van der Waals surface area (Å²) >= 11 is 6.53. The lowest BCUT2D eigenvalue weighted by atomic mass is 9.80. The molecule has 6 rings (SSSR count). The van der Waals surface area contributed by atoms with E-state index in [-0.39, 0.29) is 36.5 Å². The number of aliphatic carboxylic acids is 1. The van der Waals surface area contributed by atoms with Crippen molar-refractivity contribution in [3.05, 3.63) is 166 Å². The molecule has 1 aliphatic heterocycles. The van der Waals surface area contributed by atoms with Crippen LogP contribution in [0, 0.1) is 5.92 Å². The molecule has 374 valence electrons. The lowest BCUT2D eigenvalue weighted by molar-refractivity contribution is -0.146. The fraction of sp³-hybridized carbons (Fsp3) is 0.379. The summed E-state index contributed by atoms with van der Waals surface area (Å²) in [6, 6.07) is 19.8. The van der Waals surface area contributed by atoms with Gasteiger partial charge in [-0.05, 0) is 130 Å². The number of aliphatic hydroxyl groups is 2. The Labute approximate surface area is 420 Å². The predicted molar refractivity (Wildman–Crippen MR) is 287 cm³/mol. The van der Waals surface area contributed by atoms with Crippen molar-refractivity contribution in [3.8, 4) is 11.3 Å². The molecular weight excluding hydrogens is 898 g/mol. The first-order valence-corrected chi connectivity index (χ1v) is 24.6. The maximum atomic E-state index is 12.8. The molecule has 2 aliphatic rings. The molecule has 2 amide bonds. The van der Waals surface area contributed by atoms with Crippen LogP contribution in [0.2, 0.25) is 5.15 Å². The van der Waals surface area contributed by atoms with Crippen LogP contribution >= 0.6 is 11.6 Å². The second kappa shape index (κ2) is 26.6. The average Bonchev–Trinajstić information content (AvgIpc) is 3.65. The van der Waals surface area contributed by atoms with Crippen molar-refractivity contribution in [2.24, 2.45) is 11.7 Å². The number of imidazole rings is 1. The molecule has 0 bridgehead atoms. The van der Waals surface area contributed by atoms with Crippen LogP contribution in [-0.4, -0.2) is 66.6 Å². The van der Waals surface area contributed by atoms with E-state index in [9.17, 15) is 14.4 Å². The third-order valence-electron chi connectivity index (χ3n) is 12.3. The molecule has 1 saturated carbocycles. The molecule has 0 atom stereocenters. The highest BCUT2D eigenvalue weighted by Gasteiger charge is 2.35. The maximum Gasteiger partial charge on any atom is 0.306 e. The fourth-order valence-corrected chi connectivity index (χ4v) is 8.50. The number of nitrogens with one attached hydrogen (secondary N) is 1. The van der Waals surface area contributed by atoms with Gasteiger partial charge in [-0.3, -0.25) is 18.8 Å². The molecule has 6 N–H and O–H groups in total. The molecular formula is C58H74ClN5O6. The molecule has 2 aromatic heterocycles. The molecule has 0 saturated heterocycles. The molecule has 2 aromatic carbocycles. The molecule has 11 nitrogen and oxygen atoms in total. The van der Waals surface area contributed by atoms with E-state index in [1.807, 2.05) is 29.3 Å². The Kier molecular flexibility index (Phi) is 21.4. The number of hydrogen-bond donors (Lipinski definition) is 5. The minimum absolute atomic E-state index is 0.0336. The summed E-state index contributed by atoms with van der Waals surface area (Å²) in [5, 5.41) is 29.2. The van der Waals surface area contributed by atoms with E-state index in [1.165, 1.54) is 39.0 Å². The van der Waals surface area contributed by atoms with Crippen molar-refractivity contribution in [2.75, 3.05) is 13.2 Å². The number of aromatic nitrogens is 2. The van der Waals surface area contributed by atoms with Crippen molar-refractivity contribution in [3.63, 3.8) is 0 Å². The number of unbranched alkanes of at least 4 members (excludes halogenated alkanes) is 3. The first-order chi connectivity index (χ1) is 33.3. The number of pyridine rings is 1. The zero-order chi connectivity index (χ0) is 51.7. The fourth-order valence-electron chi connectivity index (χ4n) is 8.21. The number of carboxylic acid groups (broad SMARTS) is 1. The topological polar surface area (TPSA) is 170 Å². The Balaban J connectivity index is 0.000000287. The molecule has 12 heteroatoms. The number of fused-ring (bicyclic) bond motifs is 1. The predicted octanol–water partition coefficient (Wildman–Crippen LogP) is 12.4. The Morgan fingerprint density at radius 3 is 2.11 bits per heavy atom. The normalized spacial score (nSPS) is 16.2. The number of carbonyl (C=O) groups is 3. The number of rotatable bonds is 17. The standard InChI is InChI=1S/C34H42N2O3.C18H18ClN3O.C6H14O2/c1-8-12-30(32-14-11-10-13-31(32)29(23(5)9-2)16-15-22(3)4)25(7)36-18-17-26(19-24(36)6)33(37)35-28-20-27(21-28)34(38)39;1-18(2,3)13-7-5-4-6-12(13)15-16(19)22-9-8-11(17(20)23)10-14(22)21-15;7-5-3-1-2-4-6-8/h9-11,13-19,27-28H,6,8,12,20-21H2,1-5,7H3,(H,35,37)(H,38,39);4-10H,1-3H3,(H2,20,23);7-8H,1-6H2/b23-9-,29-16+,30-25+;;. The van der Waals surface area contributed by atoms with E-state index in [4.69, 9.17) is 32.7 Å². The van der Waals surface area contributed by atoms with Gasteiger partial charge in [0.05, 0.1) is 5.92 Å². The van der Waals surface area contributed by atoms with E-state index < -0.39 is 11.9 Å². The van der Waals surface area contributed by atoms with Crippen LogP contribution in [-0.2, 0) is 15.0 Å². The van der Waals surface area contributed by atoms with Gasteiger partial charge in [-0.25, -0.2) is 4.98 Å². The molecule has 1 aliphatic carbocycles. The highest BCUT2D eigenvalue weighted by atomic mass is 35.5. The second-order valence-corrected chi connectivity index (χ2v) is 19.4. The average molecular weight is 973 g/mol. The second-order valence-electron chi connectivity index (χ2n) is 19.0. The third kappa shape index (κ3) is 15.1. The van der Waals surface area contributed by atoms with E-state index in [0.29, 0.717) is 46.2 Å². The van der Waals surface area contributed by atoms with E-state index in [2.05, 4.69) is 128 Å². The first-order valence-electron chi connectivity index (χ1n) is 24.3. The lowest BCUT2D eigenvalue weighted by Crippen LogP contribution is -2.47. The number of hydrogen-bond acceptors (Lipinski definition) is 7. The number of allylic oxidation sites excluding steroid dienone is 9. The van der Waals surface area contributed by atoms with Gasteiger partial charge in [0.15, 0.2) is 0 Å². The van der Waals surface area contributed by atoms with Crippen LogP contribution in [0.15, 0.2) is 138 Å². The van der Waals surface area contributed by atoms with Gasteiger partial charge in [-0.15, -0.1) is 0 Å². The minimum Gasteiger partial charge on any atom is -0.481 e. The van der Waals surface area contributed by atoms with Gasteiger partial charge in [0, 0.05) is 59.7 Å². The summed E-state index contributed by atoms with van der Waals surface area (Å²) in [5.41, 5.74) is 18.8. The smallest absolute Gasteiger partial charge is 0.306 e. The number of aliphatic hydroxyl groups excluding tert-OH is 2. The van der Waals surface area contributed by atoms with Crippen LogP contribution in [0.25, 0.3) is 28.1 Å². The van der Waals surface area contributed by atoms with Crippen LogP contribution < -0.4 is 11.1 Å². The molecule has 0 radical (unpaired) electrons. The third-order valence-corrected chi connectivity index (χ3v) is 12.7. The number of benzene rings is 2. The van der Waals surface area contributed by atoms with E-state index >= 15 is 0 Å². The Bertz CT molecular complexity index is 2680. The summed E-state index contributed by atoms with van der Waals surface area (Å²) < 4.78 is 1.75. The molecule has 3 heterocycles. The lowest BCUT2D eigenvalue weighted by Gasteiger charge is -2.33. The summed E-state index contributed by atoms with van der Waals surface area (Å²) in [6.45, 7) is 24.0. The largest absolute Gasteiger partial charge is 0.481 e. The first kappa shape index (κ1) is 56.3. The molecule has 0 unspecified atom stereocenters. The summed E-state index contributed by atoms with van der Waals surface area (Å²) in [4.78, 5) is 41.9. The number of nitrogens with zero attached hydrogens (tertiary/aromatic N) is 3. The van der Waals surface area contributed by atoms with Crippen LogP contribution in [0.5, 0.6) is 0 Å². The van der Waals surface area contributed by atoms with Gasteiger partial charge in [0.25, 0.3) is 5.91 Å². The highest BCUT2D eigenvalue weighted by molar-refractivity contribution is 6.32. The van der Waals surface area contributed by atoms with Gasteiger partial charge in [0.1, 0.15) is 16.5 Å².